The average Bonchev–Trinajstić information content (AvgIpc) is 2.32. The first-order chi connectivity index (χ1) is 9.92. The Morgan fingerprint density at radius 1 is 1.27 bits per heavy atom. The zero-order valence-electron chi connectivity index (χ0n) is 13.3. The first kappa shape index (κ1) is 20.5. The quantitative estimate of drug-likeness (QED) is 0.866. The van der Waals surface area contributed by atoms with E-state index >= 15 is 0 Å². The Morgan fingerprint density at radius 3 is 2.18 bits per heavy atom. The largest absolute Gasteiger partial charge is 0.480 e. The fourth-order valence-corrected chi connectivity index (χ4v) is 1.56. The summed E-state index contributed by atoms with van der Waals surface area (Å²) in [6, 6.07) is 5.40. The van der Waals surface area contributed by atoms with Crippen molar-refractivity contribution >= 4 is 35.3 Å². The van der Waals surface area contributed by atoms with Crippen LogP contribution < -0.4 is 0 Å². The summed E-state index contributed by atoms with van der Waals surface area (Å²) in [5.41, 5.74) is 0.424. The summed E-state index contributed by atoms with van der Waals surface area (Å²) in [6.07, 6.45) is -0.630. The van der Waals surface area contributed by atoms with Crippen LogP contribution in [0.1, 0.15) is 26.3 Å². The number of amides is 1. The molecule has 124 valence electrons. The minimum Gasteiger partial charge on any atom is -0.480 e. The lowest BCUT2D eigenvalue weighted by Crippen LogP contribution is -2.37. The van der Waals surface area contributed by atoms with E-state index in [1.54, 1.807) is 32.9 Å². The maximum Gasteiger partial charge on any atom is 0.410 e. The third-order valence-electron chi connectivity index (χ3n) is 2.20. The summed E-state index contributed by atoms with van der Waals surface area (Å²) in [6.45, 7) is 6.74. The van der Waals surface area contributed by atoms with Crippen molar-refractivity contribution in [3.8, 4) is 0 Å². The number of aryl methyl sites for hydroxylation is 1. The number of benzene rings is 1. The highest BCUT2D eigenvalue weighted by molar-refractivity contribution is 6.33. The maximum atomic E-state index is 11.1. The van der Waals surface area contributed by atoms with Crippen LogP contribution in [0.3, 0.4) is 0 Å². The Bertz CT molecular complexity index is 527. The van der Waals surface area contributed by atoms with Gasteiger partial charge in [-0.2, -0.15) is 0 Å². The third kappa shape index (κ3) is 9.47. The molecule has 0 aromatic heterocycles. The van der Waals surface area contributed by atoms with Crippen molar-refractivity contribution in [2.75, 3.05) is 13.6 Å². The molecule has 7 heteroatoms. The lowest BCUT2D eigenvalue weighted by Gasteiger charge is -2.23. The van der Waals surface area contributed by atoms with E-state index in [1.165, 1.54) is 7.05 Å². The molecule has 0 heterocycles. The molecule has 0 aliphatic rings. The first-order valence-electron chi connectivity index (χ1n) is 6.50. The molecular formula is C15H21Cl2NO4. The molecule has 0 aliphatic carbocycles. The molecule has 1 rings (SSSR count). The van der Waals surface area contributed by atoms with Crippen molar-refractivity contribution in [3.63, 3.8) is 0 Å². The molecule has 0 atom stereocenters. The molecule has 0 saturated heterocycles. The second-order valence-corrected chi connectivity index (χ2v) is 6.47. The monoisotopic (exact) mass is 349 g/mol. The normalized spacial score (nSPS) is 10.3. The minimum atomic E-state index is -1.06. The Balaban J connectivity index is 0.000000425. The van der Waals surface area contributed by atoms with Gasteiger partial charge in [-0.25, -0.2) is 4.79 Å². The predicted molar refractivity (Wildman–Crippen MR) is 87.7 cm³/mol. The Morgan fingerprint density at radius 2 is 1.82 bits per heavy atom. The van der Waals surface area contributed by atoms with Crippen molar-refractivity contribution in [2.24, 2.45) is 0 Å². The number of halogens is 2. The fraction of sp³-hybridized carbons (Fsp3) is 0.467. The number of rotatable bonds is 2. The highest BCUT2D eigenvalue weighted by Crippen LogP contribution is 2.18. The summed E-state index contributed by atoms with van der Waals surface area (Å²) in [5, 5.41) is 9.88. The van der Waals surface area contributed by atoms with Crippen LogP contribution in [0.2, 0.25) is 10.0 Å². The standard InChI is InChI=1S/C8H15NO4.C7H6Cl2/c1-8(2,3)13-7(12)9(4)5-6(10)11;1-5-4-6(8)2-3-7(5)9/h5H2,1-4H3,(H,10,11);2-4H,1H3. The van der Waals surface area contributed by atoms with Crippen molar-refractivity contribution < 1.29 is 19.4 Å². The van der Waals surface area contributed by atoms with Gasteiger partial charge in [0.2, 0.25) is 0 Å². The van der Waals surface area contributed by atoms with Gasteiger partial charge in [-0.3, -0.25) is 4.79 Å². The zero-order valence-corrected chi connectivity index (χ0v) is 14.8. The molecule has 5 nitrogen and oxygen atoms in total. The van der Waals surface area contributed by atoms with Crippen LogP contribution >= 0.6 is 23.2 Å². The van der Waals surface area contributed by atoms with Gasteiger partial charge in [0.25, 0.3) is 0 Å². The first-order valence-corrected chi connectivity index (χ1v) is 7.25. The third-order valence-corrected chi connectivity index (χ3v) is 2.86. The number of hydrogen-bond donors (Lipinski definition) is 1. The van der Waals surface area contributed by atoms with Gasteiger partial charge in [-0.15, -0.1) is 0 Å². The average molecular weight is 350 g/mol. The molecule has 0 saturated carbocycles. The smallest absolute Gasteiger partial charge is 0.410 e. The van der Waals surface area contributed by atoms with E-state index in [4.69, 9.17) is 33.0 Å². The number of aliphatic carboxylic acids is 1. The van der Waals surface area contributed by atoms with Gasteiger partial charge < -0.3 is 14.7 Å². The molecule has 0 fully saturated rings. The van der Waals surface area contributed by atoms with Crippen LogP contribution in [0.25, 0.3) is 0 Å². The van der Waals surface area contributed by atoms with Gasteiger partial charge in [0.1, 0.15) is 12.1 Å². The summed E-state index contributed by atoms with van der Waals surface area (Å²) in [5.74, 6) is -1.06. The molecule has 0 bridgehead atoms. The fourth-order valence-electron chi connectivity index (χ4n) is 1.22. The van der Waals surface area contributed by atoms with Crippen LogP contribution in [0.15, 0.2) is 18.2 Å². The lowest BCUT2D eigenvalue weighted by atomic mass is 10.2. The lowest BCUT2D eigenvalue weighted by molar-refractivity contribution is -0.137. The van der Waals surface area contributed by atoms with Gasteiger partial charge in [-0.05, 0) is 51.5 Å². The molecule has 0 radical (unpaired) electrons. The van der Waals surface area contributed by atoms with Gasteiger partial charge >= 0.3 is 12.1 Å². The molecule has 1 amide bonds. The van der Waals surface area contributed by atoms with Gasteiger partial charge in [0, 0.05) is 17.1 Å². The second kappa shape index (κ2) is 8.86. The molecule has 0 aliphatic heterocycles. The van der Waals surface area contributed by atoms with E-state index in [9.17, 15) is 9.59 Å². The van der Waals surface area contributed by atoms with Crippen molar-refractivity contribution in [3.05, 3.63) is 33.8 Å². The second-order valence-electron chi connectivity index (χ2n) is 5.62. The van der Waals surface area contributed by atoms with E-state index in [-0.39, 0.29) is 6.54 Å². The number of carbonyl (C=O) groups excluding carboxylic acids is 1. The topological polar surface area (TPSA) is 66.8 Å². The van der Waals surface area contributed by atoms with Crippen LogP contribution in [-0.4, -0.2) is 41.3 Å². The summed E-state index contributed by atoms with van der Waals surface area (Å²) in [7, 11) is 1.38. The van der Waals surface area contributed by atoms with Crippen LogP contribution in [0, 0.1) is 6.92 Å². The highest BCUT2D eigenvalue weighted by Gasteiger charge is 2.20. The molecule has 22 heavy (non-hydrogen) atoms. The molecule has 1 N–H and O–H groups in total. The summed E-state index contributed by atoms with van der Waals surface area (Å²) < 4.78 is 4.92. The van der Waals surface area contributed by atoms with Gasteiger partial charge in [0.05, 0.1) is 0 Å². The molecular weight excluding hydrogens is 329 g/mol. The SMILES string of the molecule is CN(CC(=O)O)C(=O)OC(C)(C)C.Cc1cc(Cl)ccc1Cl. The maximum absolute atomic E-state index is 11.1. The van der Waals surface area contributed by atoms with Gasteiger partial charge in [-0.1, -0.05) is 23.2 Å². The van der Waals surface area contributed by atoms with E-state index in [0.29, 0.717) is 0 Å². The number of carbonyl (C=O) groups is 2. The zero-order chi connectivity index (χ0) is 17.5. The number of carboxylic acid groups (broad SMARTS) is 1. The Labute approximate surface area is 140 Å². The van der Waals surface area contributed by atoms with E-state index in [2.05, 4.69) is 0 Å². The molecule has 1 aromatic carbocycles. The Kier molecular flexibility index (Phi) is 8.27. The number of likely N-dealkylation sites (N-methyl/N-ethyl adjacent to an activating group) is 1. The van der Waals surface area contributed by atoms with Crippen LogP contribution in [0.4, 0.5) is 4.79 Å². The minimum absolute atomic E-state index is 0.352. The van der Waals surface area contributed by atoms with E-state index < -0.39 is 17.7 Å². The van der Waals surface area contributed by atoms with Gasteiger partial charge in [0.15, 0.2) is 0 Å². The number of nitrogens with zero attached hydrogens (tertiary/aromatic N) is 1. The van der Waals surface area contributed by atoms with Crippen molar-refractivity contribution in [1.82, 2.24) is 4.90 Å². The highest BCUT2D eigenvalue weighted by atomic mass is 35.5. The summed E-state index contributed by atoms with van der Waals surface area (Å²) >= 11 is 11.4. The van der Waals surface area contributed by atoms with E-state index in [0.717, 1.165) is 20.5 Å². The van der Waals surface area contributed by atoms with Crippen molar-refractivity contribution in [2.45, 2.75) is 33.3 Å². The van der Waals surface area contributed by atoms with Crippen molar-refractivity contribution in [1.29, 1.82) is 0 Å². The van der Waals surface area contributed by atoms with E-state index in [1.807, 2.05) is 13.0 Å². The molecule has 0 unspecified atom stereocenters. The number of hydrogen-bond acceptors (Lipinski definition) is 3. The number of carboxylic acids is 1. The molecule has 0 spiro atoms. The summed E-state index contributed by atoms with van der Waals surface area (Å²) in [4.78, 5) is 22.4. The Hall–Kier alpha value is -1.46. The van der Waals surface area contributed by atoms with Crippen LogP contribution in [0.5, 0.6) is 0 Å². The number of ether oxygens (including phenoxy) is 1. The molecule has 1 aromatic rings. The predicted octanol–water partition coefficient (Wildman–Crippen LogP) is 4.24. The van der Waals surface area contributed by atoms with Crippen LogP contribution in [-0.2, 0) is 9.53 Å².